The van der Waals surface area contributed by atoms with Crippen LogP contribution in [0.5, 0.6) is 0 Å². The van der Waals surface area contributed by atoms with Gasteiger partial charge in [-0.05, 0) is 37.3 Å². The molecule has 4 aromatic rings. The zero-order valence-corrected chi connectivity index (χ0v) is 14.8. The number of amides is 1. The number of aryl methyl sites for hydroxylation is 1. The van der Waals surface area contributed by atoms with Gasteiger partial charge in [0.2, 0.25) is 5.91 Å². The molecule has 0 atom stereocenters. The molecule has 0 aliphatic carbocycles. The van der Waals surface area contributed by atoms with Gasteiger partial charge in [-0.3, -0.25) is 4.79 Å². The van der Waals surface area contributed by atoms with Gasteiger partial charge in [-0.15, -0.1) is 0 Å². The van der Waals surface area contributed by atoms with E-state index in [-0.39, 0.29) is 5.82 Å². The first-order valence-corrected chi connectivity index (χ1v) is 8.63. The first-order valence-electron chi connectivity index (χ1n) is 8.63. The Kier molecular flexibility index (Phi) is 4.19. The number of imidazole rings is 2. The van der Waals surface area contributed by atoms with Crippen molar-refractivity contribution in [2.75, 3.05) is 0 Å². The van der Waals surface area contributed by atoms with E-state index in [4.69, 9.17) is 5.73 Å². The van der Waals surface area contributed by atoms with Crippen LogP contribution in [0.4, 0.5) is 4.39 Å². The van der Waals surface area contributed by atoms with E-state index in [1.807, 2.05) is 29.8 Å². The normalized spacial score (nSPS) is 11.2. The Bertz CT molecular complexity index is 1140. The summed E-state index contributed by atoms with van der Waals surface area (Å²) in [6.07, 6.45) is 3.53. The summed E-state index contributed by atoms with van der Waals surface area (Å²) in [5, 5.41) is 0. The van der Waals surface area contributed by atoms with E-state index in [1.54, 1.807) is 24.4 Å². The first-order chi connectivity index (χ1) is 13.1. The smallest absolute Gasteiger partial charge is 0.248 e. The minimum atomic E-state index is -0.479. The van der Waals surface area contributed by atoms with Crippen molar-refractivity contribution in [2.45, 2.75) is 20.0 Å². The van der Waals surface area contributed by atoms with Crippen LogP contribution in [0.25, 0.3) is 22.4 Å². The first kappa shape index (κ1) is 17.0. The van der Waals surface area contributed by atoms with Crippen molar-refractivity contribution in [3.63, 3.8) is 0 Å². The van der Waals surface area contributed by atoms with Crippen LogP contribution in [0.15, 0.2) is 54.9 Å². The van der Waals surface area contributed by atoms with E-state index in [1.165, 1.54) is 12.1 Å². The van der Waals surface area contributed by atoms with Crippen LogP contribution in [0.2, 0.25) is 0 Å². The van der Waals surface area contributed by atoms with Crippen LogP contribution in [0.3, 0.4) is 0 Å². The van der Waals surface area contributed by atoms with Gasteiger partial charge in [0.15, 0.2) is 0 Å². The molecule has 136 valence electrons. The predicted molar refractivity (Wildman–Crippen MR) is 101 cm³/mol. The van der Waals surface area contributed by atoms with E-state index >= 15 is 0 Å². The Balaban J connectivity index is 1.76. The molecule has 2 aromatic carbocycles. The second kappa shape index (κ2) is 6.68. The summed E-state index contributed by atoms with van der Waals surface area (Å²) >= 11 is 0. The van der Waals surface area contributed by atoms with Gasteiger partial charge >= 0.3 is 0 Å². The molecule has 0 saturated carbocycles. The minimum Gasteiger partial charge on any atom is -0.366 e. The number of hydrogen-bond acceptors (Lipinski definition) is 3. The average molecular weight is 363 g/mol. The second-order valence-electron chi connectivity index (χ2n) is 6.23. The molecule has 0 saturated heterocycles. The summed E-state index contributed by atoms with van der Waals surface area (Å²) in [7, 11) is 0. The summed E-state index contributed by atoms with van der Waals surface area (Å²) in [5.74, 6) is 0.709. The number of benzene rings is 2. The number of fused-ring (bicyclic) bond motifs is 1. The van der Waals surface area contributed by atoms with Gasteiger partial charge in [0.05, 0.1) is 17.6 Å². The number of hydrogen-bond donors (Lipinski definition) is 1. The van der Waals surface area contributed by atoms with Gasteiger partial charge < -0.3 is 14.9 Å². The van der Waals surface area contributed by atoms with E-state index in [9.17, 15) is 9.18 Å². The van der Waals surface area contributed by atoms with E-state index in [0.717, 1.165) is 23.4 Å². The molecule has 0 aliphatic heterocycles. The molecule has 6 nitrogen and oxygen atoms in total. The van der Waals surface area contributed by atoms with Crippen molar-refractivity contribution < 1.29 is 9.18 Å². The van der Waals surface area contributed by atoms with Crippen LogP contribution in [-0.2, 0) is 13.1 Å². The highest BCUT2D eigenvalue weighted by Crippen LogP contribution is 2.22. The number of primary amides is 1. The lowest BCUT2D eigenvalue weighted by Gasteiger charge is -2.10. The van der Waals surface area contributed by atoms with Gasteiger partial charge in [0, 0.05) is 30.1 Å². The van der Waals surface area contributed by atoms with Gasteiger partial charge in [-0.25, -0.2) is 14.4 Å². The van der Waals surface area contributed by atoms with Crippen molar-refractivity contribution in [1.29, 1.82) is 0 Å². The average Bonchev–Trinajstić information content (AvgIpc) is 3.25. The zero-order chi connectivity index (χ0) is 19.0. The Morgan fingerprint density at radius 1 is 1.22 bits per heavy atom. The molecule has 0 fully saturated rings. The molecule has 2 aromatic heterocycles. The van der Waals surface area contributed by atoms with Crippen molar-refractivity contribution in [3.05, 3.63) is 72.1 Å². The number of carbonyl (C=O) groups is 1. The summed E-state index contributed by atoms with van der Waals surface area (Å²) in [6.45, 7) is 3.24. The lowest BCUT2D eigenvalue weighted by Crippen LogP contribution is -2.10. The lowest BCUT2D eigenvalue weighted by atomic mass is 10.2. The molecule has 7 heteroatoms. The highest BCUT2D eigenvalue weighted by molar-refractivity contribution is 5.96. The molecule has 0 spiro atoms. The van der Waals surface area contributed by atoms with Crippen LogP contribution >= 0.6 is 0 Å². The number of halogens is 1. The minimum absolute atomic E-state index is 0.304. The monoisotopic (exact) mass is 363 g/mol. The Hall–Kier alpha value is -3.48. The van der Waals surface area contributed by atoms with Gasteiger partial charge in [0.25, 0.3) is 0 Å². The highest BCUT2D eigenvalue weighted by Gasteiger charge is 2.14. The highest BCUT2D eigenvalue weighted by atomic mass is 19.1. The Morgan fingerprint density at radius 2 is 2.07 bits per heavy atom. The van der Waals surface area contributed by atoms with Gasteiger partial charge in [-0.1, -0.05) is 12.1 Å². The predicted octanol–water partition coefficient (Wildman–Crippen LogP) is 3.21. The number of rotatable bonds is 5. The van der Waals surface area contributed by atoms with Crippen molar-refractivity contribution >= 4 is 16.9 Å². The number of nitrogens with two attached hydrogens (primary N) is 1. The standard InChI is InChI=1S/C20H18FN5O/c1-2-26-17-7-6-13(19(22)27)11-16(17)24-18(26)12-25-9-8-23-20(25)14-4-3-5-15(21)10-14/h3-11H,2,12H2,1H3,(H2,22,27). The summed E-state index contributed by atoms with van der Waals surface area (Å²) < 4.78 is 17.6. The van der Waals surface area contributed by atoms with Gasteiger partial charge in [0.1, 0.15) is 17.5 Å². The molecule has 0 aliphatic rings. The molecule has 2 N–H and O–H groups in total. The third-order valence-electron chi connectivity index (χ3n) is 4.54. The maximum absolute atomic E-state index is 13.6. The van der Waals surface area contributed by atoms with Crippen molar-refractivity contribution in [3.8, 4) is 11.4 Å². The van der Waals surface area contributed by atoms with Gasteiger partial charge in [-0.2, -0.15) is 0 Å². The Morgan fingerprint density at radius 3 is 2.81 bits per heavy atom. The van der Waals surface area contributed by atoms with Crippen molar-refractivity contribution in [2.24, 2.45) is 5.73 Å². The number of nitrogens with zero attached hydrogens (tertiary/aromatic N) is 4. The molecular weight excluding hydrogens is 345 g/mol. The third-order valence-corrected chi connectivity index (χ3v) is 4.54. The van der Waals surface area contributed by atoms with E-state index < -0.39 is 5.91 Å². The molecule has 1 amide bonds. The topological polar surface area (TPSA) is 78.7 Å². The number of carbonyl (C=O) groups excluding carboxylic acids is 1. The molecular formula is C20H18FN5O. The quantitative estimate of drug-likeness (QED) is 0.591. The molecule has 0 unspecified atom stereocenters. The fourth-order valence-electron chi connectivity index (χ4n) is 3.28. The maximum Gasteiger partial charge on any atom is 0.248 e. The van der Waals surface area contributed by atoms with Crippen molar-refractivity contribution in [1.82, 2.24) is 19.1 Å². The molecule has 0 bridgehead atoms. The third kappa shape index (κ3) is 3.08. The summed E-state index contributed by atoms with van der Waals surface area (Å²) in [4.78, 5) is 20.5. The Labute approximate surface area is 155 Å². The largest absolute Gasteiger partial charge is 0.366 e. The van der Waals surface area contributed by atoms with Crippen LogP contribution in [0, 0.1) is 5.82 Å². The molecule has 4 rings (SSSR count). The SMILES string of the molecule is CCn1c(Cn2ccnc2-c2cccc(F)c2)nc2cc(C(N)=O)ccc21. The lowest BCUT2D eigenvalue weighted by molar-refractivity contribution is 0.100. The number of aromatic nitrogens is 4. The summed E-state index contributed by atoms with van der Waals surface area (Å²) in [5.41, 5.74) is 8.16. The van der Waals surface area contributed by atoms with Crippen LogP contribution in [0.1, 0.15) is 23.1 Å². The van der Waals surface area contributed by atoms with E-state index in [2.05, 4.69) is 14.5 Å². The maximum atomic E-state index is 13.6. The van der Waals surface area contributed by atoms with E-state index in [0.29, 0.717) is 23.5 Å². The molecule has 2 heterocycles. The fraction of sp³-hybridized carbons (Fsp3) is 0.150. The molecule has 0 radical (unpaired) electrons. The summed E-state index contributed by atoms with van der Waals surface area (Å²) in [6, 6.07) is 11.6. The van der Waals surface area contributed by atoms with Crippen LogP contribution in [-0.4, -0.2) is 25.0 Å². The second-order valence-corrected chi connectivity index (χ2v) is 6.23. The molecule has 27 heavy (non-hydrogen) atoms. The zero-order valence-electron chi connectivity index (χ0n) is 14.8. The fourth-order valence-corrected chi connectivity index (χ4v) is 3.28. The van der Waals surface area contributed by atoms with Crippen LogP contribution < -0.4 is 5.73 Å².